The average molecular weight is 371 g/mol. The Morgan fingerprint density at radius 1 is 1.23 bits per heavy atom. The normalized spacial score (nSPS) is 25.7. The van der Waals surface area contributed by atoms with E-state index >= 15 is 0 Å². The molecule has 2 saturated heterocycles. The lowest BCUT2D eigenvalue weighted by atomic mass is 9.81. The molecule has 0 saturated carbocycles. The highest BCUT2D eigenvalue weighted by molar-refractivity contribution is 7.09. The van der Waals surface area contributed by atoms with Gasteiger partial charge in [-0.2, -0.15) is 0 Å². The average Bonchev–Trinajstić information content (AvgIpc) is 3.15. The molecule has 2 fully saturated rings. The molecule has 3 heterocycles. The van der Waals surface area contributed by atoms with Gasteiger partial charge < -0.3 is 10.1 Å². The van der Waals surface area contributed by atoms with Gasteiger partial charge in [0.2, 0.25) is 0 Å². The van der Waals surface area contributed by atoms with Crippen LogP contribution in [0.25, 0.3) is 0 Å². The van der Waals surface area contributed by atoms with Crippen LogP contribution >= 0.6 is 11.3 Å². The van der Waals surface area contributed by atoms with Crippen molar-refractivity contribution in [1.82, 2.24) is 10.2 Å². The number of piperidine rings is 2. The van der Waals surface area contributed by atoms with Crippen molar-refractivity contribution in [2.24, 2.45) is 0 Å². The van der Waals surface area contributed by atoms with Gasteiger partial charge in [-0.1, -0.05) is 18.6 Å². The second-order valence-corrected chi connectivity index (χ2v) is 8.40. The summed E-state index contributed by atoms with van der Waals surface area (Å²) in [4.78, 5) is 16.8. The maximum atomic E-state index is 12.7. The van der Waals surface area contributed by atoms with Crippen LogP contribution in [0.15, 0.2) is 41.8 Å². The van der Waals surface area contributed by atoms with Crippen LogP contribution < -0.4 is 10.1 Å². The number of hydrogen-bond acceptors (Lipinski definition) is 4. The summed E-state index contributed by atoms with van der Waals surface area (Å²) < 4.78 is 5.23. The molecule has 4 rings (SSSR count). The minimum Gasteiger partial charge on any atom is -0.497 e. The first-order valence-corrected chi connectivity index (χ1v) is 10.3. The highest BCUT2D eigenvalue weighted by atomic mass is 32.1. The Labute approximate surface area is 159 Å². The second kappa shape index (κ2) is 7.80. The molecule has 4 nitrogen and oxygen atoms in total. The fourth-order valence-electron chi connectivity index (χ4n) is 4.47. The quantitative estimate of drug-likeness (QED) is 0.862. The van der Waals surface area contributed by atoms with Gasteiger partial charge in [-0.15, -0.1) is 11.3 Å². The highest BCUT2D eigenvalue weighted by Gasteiger charge is 2.38. The maximum Gasteiger partial charge on any atom is 0.251 e. The van der Waals surface area contributed by atoms with E-state index < -0.39 is 0 Å². The van der Waals surface area contributed by atoms with Crippen LogP contribution in [0.4, 0.5) is 0 Å². The van der Waals surface area contributed by atoms with Crippen molar-refractivity contribution in [1.29, 1.82) is 0 Å². The highest BCUT2D eigenvalue weighted by Crippen LogP contribution is 2.35. The van der Waals surface area contributed by atoms with Gasteiger partial charge in [0.15, 0.2) is 0 Å². The molecule has 2 atom stereocenters. The first-order chi connectivity index (χ1) is 12.7. The molecule has 5 heteroatoms. The molecule has 0 spiro atoms. The number of hydrogen-bond donors (Lipinski definition) is 1. The largest absolute Gasteiger partial charge is 0.497 e. The van der Waals surface area contributed by atoms with E-state index in [1.165, 1.54) is 24.1 Å². The van der Waals surface area contributed by atoms with Crippen molar-refractivity contribution in [3.05, 3.63) is 52.2 Å². The van der Waals surface area contributed by atoms with Gasteiger partial charge >= 0.3 is 0 Å². The third-order valence-electron chi connectivity index (χ3n) is 5.71. The van der Waals surface area contributed by atoms with E-state index in [0.717, 1.165) is 25.1 Å². The van der Waals surface area contributed by atoms with E-state index in [9.17, 15) is 4.79 Å². The number of nitrogens with one attached hydrogen (secondary N) is 1. The van der Waals surface area contributed by atoms with Crippen molar-refractivity contribution in [3.8, 4) is 5.75 Å². The number of methoxy groups -OCH3 is 1. The summed E-state index contributed by atoms with van der Waals surface area (Å²) in [5.41, 5.74) is 0.676. The predicted molar refractivity (Wildman–Crippen MR) is 105 cm³/mol. The van der Waals surface area contributed by atoms with Crippen molar-refractivity contribution in [2.75, 3.05) is 7.11 Å². The minimum absolute atomic E-state index is 0.0127. The Kier molecular flexibility index (Phi) is 5.27. The standard InChI is InChI=1S/C21H26N2O2S/c1-25-19-8-2-5-15(11-19)21(24)22-16-12-17-6-3-7-18(13-16)23(17)14-20-9-4-10-26-20/h2,4-5,8-11,16-18H,3,6-7,12-14H2,1H3,(H,22,24)/t17-,18-/m1/s1. The van der Waals surface area contributed by atoms with Gasteiger partial charge in [0, 0.05) is 35.1 Å². The third kappa shape index (κ3) is 3.79. The summed E-state index contributed by atoms with van der Waals surface area (Å²) in [6.45, 7) is 1.06. The number of fused-ring (bicyclic) bond motifs is 2. The lowest BCUT2D eigenvalue weighted by molar-refractivity contribution is 0.0184. The number of nitrogens with zero attached hydrogens (tertiary/aromatic N) is 1. The summed E-state index contributed by atoms with van der Waals surface area (Å²) in [7, 11) is 1.63. The summed E-state index contributed by atoms with van der Waals surface area (Å²) in [6.07, 6.45) is 5.91. The molecule has 2 bridgehead atoms. The van der Waals surface area contributed by atoms with Crippen LogP contribution in [0.3, 0.4) is 0 Å². The molecule has 1 amide bonds. The molecule has 1 aromatic heterocycles. The molecule has 0 radical (unpaired) electrons. The zero-order chi connectivity index (χ0) is 17.9. The van der Waals surface area contributed by atoms with Gasteiger partial charge in [-0.05, 0) is 55.3 Å². The van der Waals surface area contributed by atoms with E-state index in [1.54, 1.807) is 7.11 Å². The van der Waals surface area contributed by atoms with Crippen molar-refractivity contribution in [2.45, 2.75) is 56.8 Å². The molecule has 138 valence electrons. The number of carbonyl (C=O) groups excluding carboxylic acids is 1. The van der Waals surface area contributed by atoms with E-state index in [1.807, 2.05) is 35.6 Å². The van der Waals surface area contributed by atoms with Crippen LogP contribution in [-0.4, -0.2) is 36.0 Å². The molecule has 1 aromatic carbocycles. The van der Waals surface area contributed by atoms with E-state index in [0.29, 0.717) is 17.6 Å². The van der Waals surface area contributed by atoms with Gasteiger partial charge in [-0.3, -0.25) is 9.69 Å². The van der Waals surface area contributed by atoms with Crippen LogP contribution in [-0.2, 0) is 6.54 Å². The molecule has 2 aliphatic heterocycles. The Balaban J connectivity index is 1.41. The van der Waals surface area contributed by atoms with Gasteiger partial charge in [0.05, 0.1) is 7.11 Å². The topological polar surface area (TPSA) is 41.6 Å². The van der Waals surface area contributed by atoms with Gasteiger partial charge in [-0.25, -0.2) is 0 Å². The Bertz CT molecular complexity index is 732. The number of benzene rings is 1. The van der Waals surface area contributed by atoms with Crippen LogP contribution in [0.2, 0.25) is 0 Å². The summed E-state index contributed by atoms with van der Waals surface area (Å²) in [5.74, 6) is 0.735. The third-order valence-corrected chi connectivity index (χ3v) is 6.57. The maximum absolute atomic E-state index is 12.7. The van der Waals surface area contributed by atoms with Crippen molar-refractivity contribution < 1.29 is 9.53 Å². The van der Waals surface area contributed by atoms with Crippen LogP contribution in [0.1, 0.15) is 47.3 Å². The molecule has 0 unspecified atom stereocenters. The lowest BCUT2D eigenvalue weighted by Crippen LogP contribution is -2.56. The Morgan fingerprint density at radius 3 is 2.73 bits per heavy atom. The number of carbonyl (C=O) groups is 1. The van der Waals surface area contributed by atoms with Crippen LogP contribution in [0.5, 0.6) is 5.75 Å². The van der Waals surface area contributed by atoms with Crippen molar-refractivity contribution in [3.63, 3.8) is 0 Å². The molecular weight excluding hydrogens is 344 g/mol. The fraction of sp³-hybridized carbons (Fsp3) is 0.476. The monoisotopic (exact) mass is 370 g/mol. The zero-order valence-electron chi connectivity index (χ0n) is 15.2. The van der Waals surface area contributed by atoms with E-state index in [-0.39, 0.29) is 11.9 Å². The zero-order valence-corrected chi connectivity index (χ0v) is 16.0. The van der Waals surface area contributed by atoms with Gasteiger partial charge in [0.1, 0.15) is 5.75 Å². The van der Waals surface area contributed by atoms with Gasteiger partial charge in [0.25, 0.3) is 5.91 Å². The van der Waals surface area contributed by atoms with E-state index in [2.05, 4.69) is 27.7 Å². The number of amides is 1. The molecule has 0 aliphatic carbocycles. The molecule has 26 heavy (non-hydrogen) atoms. The summed E-state index contributed by atoms with van der Waals surface area (Å²) >= 11 is 1.84. The van der Waals surface area contributed by atoms with Crippen LogP contribution in [0, 0.1) is 0 Å². The molecular formula is C21H26N2O2S. The second-order valence-electron chi connectivity index (χ2n) is 7.36. The van der Waals surface area contributed by atoms with E-state index in [4.69, 9.17) is 4.74 Å². The first-order valence-electron chi connectivity index (χ1n) is 9.46. The first kappa shape index (κ1) is 17.6. The number of ether oxygens (including phenoxy) is 1. The Morgan fingerprint density at radius 2 is 2.04 bits per heavy atom. The molecule has 2 aliphatic rings. The summed E-state index contributed by atoms with van der Waals surface area (Å²) in [6, 6.07) is 13.2. The lowest BCUT2D eigenvalue weighted by Gasteiger charge is -2.49. The fourth-order valence-corrected chi connectivity index (χ4v) is 5.18. The number of rotatable bonds is 5. The Hall–Kier alpha value is -1.85. The summed E-state index contributed by atoms with van der Waals surface area (Å²) in [5, 5.41) is 5.43. The SMILES string of the molecule is COc1cccc(C(=O)NC2C[C@H]3CCC[C@H](C2)N3Cc2cccs2)c1. The predicted octanol–water partition coefficient (Wildman–Crippen LogP) is 4.07. The molecule has 1 N–H and O–H groups in total. The van der Waals surface area contributed by atoms with Crippen molar-refractivity contribution >= 4 is 17.2 Å². The minimum atomic E-state index is 0.0127. The number of thiophene rings is 1. The molecule has 2 aromatic rings. The smallest absolute Gasteiger partial charge is 0.251 e.